The van der Waals surface area contributed by atoms with E-state index in [0.717, 1.165) is 0 Å². The Kier molecular flexibility index (Phi) is 12.5. The smallest absolute Gasteiger partial charge is 0.330 e. The Bertz CT molecular complexity index is 1460. The van der Waals surface area contributed by atoms with Crippen LogP contribution in [0.25, 0.3) is 6.08 Å². The third-order valence-corrected chi connectivity index (χ3v) is 6.22. The number of benzene rings is 3. The van der Waals surface area contributed by atoms with Crippen molar-refractivity contribution in [3.05, 3.63) is 77.9 Å². The van der Waals surface area contributed by atoms with Crippen LogP contribution in [0.4, 0.5) is 0 Å². The summed E-state index contributed by atoms with van der Waals surface area (Å²) in [6.45, 7) is 2.65. The Balaban J connectivity index is 2.12. The van der Waals surface area contributed by atoms with Crippen molar-refractivity contribution in [3.8, 4) is 34.5 Å². The molecule has 0 aromatic heterocycles. The van der Waals surface area contributed by atoms with Gasteiger partial charge in [-0.05, 0) is 48.0 Å². The van der Waals surface area contributed by atoms with Gasteiger partial charge in [0.15, 0.2) is 40.6 Å². The molecule has 0 spiro atoms. The maximum absolute atomic E-state index is 11.7. The number of carbonyl (C=O) groups excluding carboxylic acids is 3. The van der Waals surface area contributed by atoms with Gasteiger partial charge in [-0.2, -0.15) is 0 Å². The lowest BCUT2D eigenvalue weighted by Crippen LogP contribution is -2.31. The highest BCUT2D eigenvalue weighted by Gasteiger charge is 2.31. The highest BCUT2D eigenvalue weighted by molar-refractivity contribution is 5.87. The predicted molar refractivity (Wildman–Crippen MR) is 160 cm³/mol. The van der Waals surface area contributed by atoms with Gasteiger partial charge in [0.1, 0.15) is 6.10 Å². The van der Waals surface area contributed by atoms with Crippen molar-refractivity contribution >= 4 is 24.0 Å². The summed E-state index contributed by atoms with van der Waals surface area (Å²) in [5.41, 5.74) is 1.26. The minimum absolute atomic E-state index is 0.0338. The first kappa shape index (κ1) is 33.3. The topological polar surface area (TPSA) is 125 Å². The van der Waals surface area contributed by atoms with Crippen LogP contribution in [0.15, 0.2) is 66.7 Å². The molecule has 0 bridgehead atoms. The zero-order valence-corrected chi connectivity index (χ0v) is 25.5. The molecule has 0 fully saturated rings. The van der Waals surface area contributed by atoms with E-state index >= 15 is 0 Å². The van der Waals surface area contributed by atoms with Crippen molar-refractivity contribution in [2.75, 3.05) is 35.0 Å². The fourth-order valence-electron chi connectivity index (χ4n) is 4.18. The molecular weight excluding hydrogens is 572 g/mol. The molecule has 2 atom stereocenters. The van der Waals surface area contributed by atoms with Crippen LogP contribution in [0.2, 0.25) is 0 Å². The van der Waals surface area contributed by atoms with E-state index in [4.69, 9.17) is 33.2 Å². The molecule has 44 heavy (non-hydrogen) atoms. The van der Waals surface area contributed by atoms with E-state index < -0.39 is 30.1 Å². The quantitative estimate of drug-likeness (QED) is 0.126. The molecule has 11 heteroatoms. The Labute approximate surface area is 256 Å². The molecule has 0 aliphatic carbocycles. The van der Waals surface area contributed by atoms with Crippen molar-refractivity contribution in [1.82, 2.24) is 0 Å². The van der Waals surface area contributed by atoms with Crippen molar-refractivity contribution in [2.45, 2.75) is 32.5 Å². The molecule has 0 amide bonds. The summed E-state index contributed by atoms with van der Waals surface area (Å²) in [5, 5.41) is 0. The summed E-state index contributed by atoms with van der Waals surface area (Å²) < 4.78 is 45.0. The molecule has 3 aromatic carbocycles. The van der Waals surface area contributed by atoms with Crippen molar-refractivity contribution in [3.63, 3.8) is 0 Å². The van der Waals surface area contributed by atoms with Crippen LogP contribution in [0.1, 0.15) is 37.5 Å². The van der Waals surface area contributed by atoms with Gasteiger partial charge in [0.2, 0.25) is 0 Å². The van der Waals surface area contributed by atoms with Crippen molar-refractivity contribution in [2.24, 2.45) is 0 Å². The van der Waals surface area contributed by atoms with Crippen LogP contribution in [0.3, 0.4) is 0 Å². The van der Waals surface area contributed by atoms with Gasteiger partial charge in [0.05, 0.1) is 35.0 Å². The summed E-state index contributed by atoms with van der Waals surface area (Å²) in [5.74, 6) is 0.734. The van der Waals surface area contributed by atoms with Crippen LogP contribution >= 0.6 is 0 Å². The highest BCUT2D eigenvalue weighted by atomic mass is 16.6. The van der Waals surface area contributed by atoms with Crippen LogP contribution in [-0.4, -0.2) is 59.1 Å². The van der Waals surface area contributed by atoms with Crippen LogP contribution in [0.5, 0.6) is 34.5 Å². The molecule has 0 saturated carbocycles. The molecule has 0 aliphatic heterocycles. The summed E-state index contributed by atoms with van der Waals surface area (Å²) in [6, 6.07) is 17.2. The first-order valence-electron chi connectivity index (χ1n) is 13.6. The maximum Gasteiger partial charge on any atom is 0.330 e. The summed E-state index contributed by atoms with van der Waals surface area (Å²) in [6.07, 6.45) is 1.50. The van der Waals surface area contributed by atoms with Crippen molar-refractivity contribution in [1.29, 1.82) is 0 Å². The van der Waals surface area contributed by atoms with E-state index in [1.807, 2.05) is 6.07 Å². The highest BCUT2D eigenvalue weighted by Crippen LogP contribution is 2.39. The van der Waals surface area contributed by atoms with Crippen LogP contribution < -0.4 is 28.4 Å². The summed E-state index contributed by atoms with van der Waals surface area (Å²) in [4.78, 5) is 34.9. The monoisotopic (exact) mass is 608 g/mol. The van der Waals surface area contributed by atoms with E-state index in [9.17, 15) is 14.4 Å². The lowest BCUT2D eigenvalue weighted by atomic mass is 10.0. The molecule has 3 aromatic rings. The Morgan fingerprint density at radius 3 is 1.98 bits per heavy atom. The van der Waals surface area contributed by atoms with E-state index in [1.165, 1.54) is 48.4 Å². The predicted octanol–water partition coefficient (Wildman–Crippen LogP) is 5.34. The SMILES string of the molecule is COC(=O)/C=C/c1ccc(O[C@@H](c2ccc(OC(C)=O)c(OC)c2)[C@H](CCOC(C)=O)Oc2ccccc2OC)c(OC)c1. The first-order valence-corrected chi connectivity index (χ1v) is 13.6. The van der Waals surface area contributed by atoms with Crippen LogP contribution in [-0.2, 0) is 23.9 Å². The molecule has 0 unspecified atom stereocenters. The van der Waals surface area contributed by atoms with E-state index in [2.05, 4.69) is 4.74 Å². The second-order valence-electron chi connectivity index (χ2n) is 9.25. The molecule has 0 N–H and O–H groups in total. The van der Waals surface area contributed by atoms with Gasteiger partial charge in [-0.3, -0.25) is 9.59 Å². The van der Waals surface area contributed by atoms with Gasteiger partial charge in [0, 0.05) is 31.9 Å². The fourth-order valence-corrected chi connectivity index (χ4v) is 4.18. The van der Waals surface area contributed by atoms with Gasteiger partial charge in [-0.25, -0.2) is 4.79 Å². The van der Waals surface area contributed by atoms with Gasteiger partial charge in [0.25, 0.3) is 0 Å². The zero-order valence-electron chi connectivity index (χ0n) is 25.5. The minimum atomic E-state index is -0.846. The molecule has 3 rings (SSSR count). The van der Waals surface area contributed by atoms with Crippen molar-refractivity contribution < 1.29 is 52.3 Å². The van der Waals surface area contributed by atoms with Gasteiger partial charge >= 0.3 is 17.9 Å². The number of para-hydroxylation sites is 2. The largest absolute Gasteiger partial charge is 0.493 e. The number of ether oxygens (including phenoxy) is 8. The maximum atomic E-state index is 11.7. The molecular formula is C33H36O11. The molecule has 0 heterocycles. The average molecular weight is 609 g/mol. The summed E-state index contributed by atoms with van der Waals surface area (Å²) >= 11 is 0. The lowest BCUT2D eigenvalue weighted by molar-refractivity contribution is -0.142. The molecule has 0 saturated heterocycles. The number of rotatable bonds is 15. The second kappa shape index (κ2) is 16.4. The minimum Gasteiger partial charge on any atom is -0.493 e. The standard InChI is InChI=1S/C33H36O11/c1-21(34)41-18-17-29(43-26-10-8-7-9-25(26)37-3)33(24-13-15-27(42-22(2)35)31(20-24)39-5)44-28-14-11-23(19-30(28)38-4)12-16-32(36)40-6/h7-16,19-20,29,33H,17-18H2,1-6H3/b16-12+/t29-,33-/m0/s1. The average Bonchev–Trinajstić information content (AvgIpc) is 3.02. The van der Waals surface area contributed by atoms with Crippen LogP contribution in [0, 0.1) is 0 Å². The first-order chi connectivity index (χ1) is 21.2. The van der Waals surface area contributed by atoms with Gasteiger partial charge in [-0.15, -0.1) is 0 Å². The van der Waals surface area contributed by atoms with Gasteiger partial charge in [-0.1, -0.05) is 24.3 Å². The van der Waals surface area contributed by atoms with E-state index in [1.54, 1.807) is 60.7 Å². The number of carbonyl (C=O) groups is 3. The molecule has 234 valence electrons. The number of methoxy groups -OCH3 is 4. The van der Waals surface area contributed by atoms with E-state index in [-0.39, 0.29) is 24.5 Å². The molecule has 0 radical (unpaired) electrons. The van der Waals surface area contributed by atoms with Gasteiger partial charge < -0.3 is 37.9 Å². The normalized spacial score (nSPS) is 12.0. The summed E-state index contributed by atoms with van der Waals surface area (Å²) in [7, 11) is 5.77. The number of esters is 3. The fraction of sp³-hybridized carbons (Fsp3) is 0.303. The number of hydrogen-bond acceptors (Lipinski definition) is 11. The Hall–Kier alpha value is -5.19. The third-order valence-electron chi connectivity index (χ3n) is 6.22. The zero-order chi connectivity index (χ0) is 32.1. The number of hydrogen-bond donors (Lipinski definition) is 0. The Morgan fingerprint density at radius 1 is 0.705 bits per heavy atom. The van der Waals surface area contributed by atoms with E-state index in [0.29, 0.717) is 34.1 Å². The molecule has 0 aliphatic rings. The lowest BCUT2D eigenvalue weighted by Gasteiger charge is -2.30. The Morgan fingerprint density at radius 2 is 1.34 bits per heavy atom. The third kappa shape index (κ3) is 9.41. The second-order valence-corrected chi connectivity index (χ2v) is 9.25. The molecule has 11 nitrogen and oxygen atoms in total.